The van der Waals surface area contributed by atoms with E-state index in [-0.39, 0.29) is 18.1 Å². The van der Waals surface area contributed by atoms with Crippen LogP contribution in [-0.2, 0) is 18.4 Å². The third-order valence-electron chi connectivity index (χ3n) is 2.48. The number of aliphatic hydroxyl groups is 1. The number of carbonyl (C=O) groups is 1. The van der Waals surface area contributed by atoms with E-state index in [0.717, 1.165) is 0 Å². The average molecular weight is 280 g/mol. The topological polar surface area (TPSA) is 101 Å². The Bertz CT molecular complexity index is 327. The summed E-state index contributed by atoms with van der Waals surface area (Å²) >= 11 is 0. The van der Waals surface area contributed by atoms with Crippen LogP contribution in [0.1, 0.15) is 34.1 Å². The number of carboxylic acids is 1. The Morgan fingerprint density at radius 2 is 1.83 bits per heavy atom. The zero-order valence-corrected chi connectivity index (χ0v) is 12.1. The summed E-state index contributed by atoms with van der Waals surface area (Å²) in [5.74, 6) is -0.882. The Hall–Kier alpha value is -0.970. The van der Waals surface area contributed by atoms with E-state index in [1.165, 1.54) is 6.92 Å². The minimum Gasteiger partial charge on any atom is -0.478 e. The molecule has 0 aliphatic rings. The highest BCUT2D eigenvalue weighted by Crippen LogP contribution is 2.31. The quantitative estimate of drug-likeness (QED) is 0.572. The second-order valence-corrected chi connectivity index (χ2v) is 4.97. The second kappa shape index (κ2) is 9.03. The van der Waals surface area contributed by atoms with E-state index in [1.807, 2.05) is 13.8 Å². The summed E-state index contributed by atoms with van der Waals surface area (Å²) in [5.41, 5.74) is -0.598. The maximum atomic E-state index is 10.3. The van der Waals surface area contributed by atoms with Gasteiger partial charge in [-0.2, -0.15) is 0 Å². The summed E-state index contributed by atoms with van der Waals surface area (Å²) in [7, 11) is -2.84. The van der Waals surface area contributed by atoms with E-state index in [0.29, 0.717) is 6.42 Å². The molecule has 2 N–H and O–H groups in total. The molecule has 0 aliphatic heterocycles. The van der Waals surface area contributed by atoms with Crippen LogP contribution in [0.3, 0.4) is 0 Å². The van der Waals surface area contributed by atoms with Crippen LogP contribution in [0, 0.1) is 5.92 Å². The lowest BCUT2D eigenvalue weighted by Crippen LogP contribution is -2.33. The van der Waals surface area contributed by atoms with E-state index in [2.05, 4.69) is 6.58 Å². The first-order valence-electron chi connectivity index (χ1n) is 5.40. The van der Waals surface area contributed by atoms with E-state index in [9.17, 15) is 13.9 Å². The molecule has 0 aliphatic carbocycles. The van der Waals surface area contributed by atoms with Crippen molar-refractivity contribution < 1.29 is 28.7 Å². The highest BCUT2D eigenvalue weighted by Gasteiger charge is 2.30. The maximum Gasteiger partial charge on any atom is 0.468 e. The van der Waals surface area contributed by atoms with Crippen LogP contribution in [0.5, 0.6) is 0 Å². The summed E-state index contributed by atoms with van der Waals surface area (Å²) in [6.07, 6.45) is 0.327. The molecular formula is C11H21O6P. The lowest BCUT2D eigenvalue weighted by molar-refractivity contribution is -0.132. The van der Waals surface area contributed by atoms with Crippen molar-refractivity contribution in [2.75, 3.05) is 6.61 Å². The Morgan fingerprint density at radius 1 is 1.44 bits per heavy atom. The van der Waals surface area contributed by atoms with Crippen molar-refractivity contribution in [2.24, 2.45) is 5.92 Å². The molecule has 0 radical (unpaired) electrons. The fraction of sp³-hybridized carbons (Fsp3) is 0.727. The molecule has 6 nitrogen and oxygen atoms in total. The number of aliphatic carboxylic acids is 1. The predicted molar refractivity (Wildman–Crippen MR) is 66.8 cm³/mol. The van der Waals surface area contributed by atoms with Crippen LogP contribution in [0.15, 0.2) is 12.2 Å². The standard InChI is InChI=1S/C7H15O4P.C4H6O2/c1-6(2)7(3,4-5-8)11-12(9)10;1-3(2)4(5)6/h6,8H,4-5H2,1-3H3;1H2,2H3,(H,5,6). The third-order valence-corrected chi connectivity index (χ3v) is 3.04. The van der Waals surface area contributed by atoms with Crippen molar-refractivity contribution in [2.45, 2.75) is 39.7 Å². The molecule has 0 saturated carbocycles. The number of carboxylic acid groups (broad SMARTS) is 1. The van der Waals surface area contributed by atoms with Crippen molar-refractivity contribution in [3.05, 3.63) is 12.2 Å². The van der Waals surface area contributed by atoms with E-state index < -0.39 is 19.5 Å². The molecule has 0 bridgehead atoms. The van der Waals surface area contributed by atoms with E-state index in [1.54, 1.807) is 6.92 Å². The molecule has 18 heavy (non-hydrogen) atoms. The van der Waals surface area contributed by atoms with E-state index >= 15 is 0 Å². The highest BCUT2D eigenvalue weighted by molar-refractivity contribution is 7.24. The first kappa shape index (κ1) is 19.4. The molecular weight excluding hydrogens is 259 g/mol. The van der Waals surface area contributed by atoms with Crippen molar-refractivity contribution in [1.29, 1.82) is 0 Å². The van der Waals surface area contributed by atoms with Crippen molar-refractivity contribution in [1.82, 2.24) is 0 Å². The molecule has 0 spiro atoms. The largest absolute Gasteiger partial charge is 0.478 e. The summed E-state index contributed by atoms with van der Waals surface area (Å²) in [6.45, 7) is 9.92. The summed E-state index contributed by atoms with van der Waals surface area (Å²) < 4.78 is 25.4. The molecule has 0 aromatic carbocycles. The van der Waals surface area contributed by atoms with Crippen LogP contribution in [0.25, 0.3) is 0 Å². The number of aliphatic hydroxyl groups excluding tert-OH is 1. The van der Waals surface area contributed by atoms with Crippen LogP contribution < -0.4 is 0 Å². The summed E-state index contributed by atoms with van der Waals surface area (Å²) in [5, 5.41) is 16.6. The molecule has 0 rings (SSSR count). The highest BCUT2D eigenvalue weighted by atomic mass is 31.1. The minimum absolute atomic E-state index is 0.0533. The Balaban J connectivity index is 0. The fourth-order valence-electron chi connectivity index (χ4n) is 0.832. The van der Waals surface area contributed by atoms with Gasteiger partial charge in [0, 0.05) is 18.6 Å². The van der Waals surface area contributed by atoms with Crippen LogP contribution in [0.2, 0.25) is 0 Å². The smallest absolute Gasteiger partial charge is 0.468 e. The summed E-state index contributed by atoms with van der Waals surface area (Å²) in [6, 6.07) is 0. The van der Waals surface area contributed by atoms with Gasteiger partial charge in [0.1, 0.15) is 0 Å². The number of hydrogen-bond acceptors (Lipinski definition) is 5. The summed E-state index contributed by atoms with van der Waals surface area (Å²) in [4.78, 5) is 9.60. The van der Waals surface area contributed by atoms with Gasteiger partial charge in [-0.25, -0.2) is 13.9 Å². The molecule has 0 fully saturated rings. The van der Waals surface area contributed by atoms with Gasteiger partial charge in [0.2, 0.25) is 0 Å². The fourth-order valence-corrected chi connectivity index (χ4v) is 1.47. The number of hydrogen-bond donors (Lipinski definition) is 2. The minimum atomic E-state index is -2.84. The third kappa shape index (κ3) is 9.10. The average Bonchev–Trinajstić information content (AvgIpc) is 2.17. The molecule has 106 valence electrons. The molecule has 0 aromatic heterocycles. The maximum absolute atomic E-state index is 10.3. The van der Waals surface area contributed by atoms with Crippen LogP contribution in [0.4, 0.5) is 0 Å². The Kier molecular flexibility index (Phi) is 9.71. The van der Waals surface area contributed by atoms with Gasteiger partial charge in [-0.15, -0.1) is 0 Å². The van der Waals surface area contributed by atoms with Crippen LogP contribution >= 0.6 is 7.91 Å². The lowest BCUT2D eigenvalue weighted by Gasteiger charge is -2.29. The molecule has 7 heteroatoms. The van der Waals surface area contributed by atoms with Crippen molar-refractivity contribution in [3.63, 3.8) is 0 Å². The van der Waals surface area contributed by atoms with Gasteiger partial charge in [-0.1, -0.05) is 20.4 Å². The van der Waals surface area contributed by atoms with Gasteiger partial charge in [-0.3, -0.25) is 4.52 Å². The monoisotopic (exact) mass is 280 g/mol. The van der Waals surface area contributed by atoms with Gasteiger partial charge >= 0.3 is 13.9 Å². The first-order chi connectivity index (χ1) is 8.06. The molecule has 0 aromatic rings. The number of rotatable bonds is 6. The van der Waals surface area contributed by atoms with Crippen molar-refractivity contribution >= 4 is 13.9 Å². The normalized spacial score (nSPS) is 13.2. The molecule has 1 unspecified atom stereocenters. The molecule has 0 heterocycles. The van der Waals surface area contributed by atoms with Gasteiger partial charge in [0.15, 0.2) is 0 Å². The molecule has 0 amide bonds. The van der Waals surface area contributed by atoms with E-state index in [4.69, 9.17) is 14.7 Å². The first-order valence-corrected chi connectivity index (χ1v) is 6.49. The molecule has 0 saturated heterocycles. The van der Waals surface area contributed by atoms with Gasteiger partial charge in [-0.05, 0) is 19.8 Å². The van der Waals surface area contributed by atoms with Crippen LogP contribution in [-0.4, -0.2) is 28.4 Å². The van der Waals surface area contributed by atoms with Gasteiger partial charge in [0.25, 0.3) is 0 Å². The second-order valence-electron chi connectivity index (χ2n) is 4.34. The Morgan fingerprint density at radius 3 is 2.00 bits per heavy atom. The zero-order valence-electron chi connectivity index (χ0n) is 11.2. The Labute approximate surface area is 108 Å². The molecule has 1 atom stereocenters. The zero-order chi connectivity index (χ0) is 14.9. The van der Waals surface area contributed by atoms with Crippen molar-refractivity contribution in [3.8, 4) is 0 Å². The lowest BCUT2D eigenvalue weighted by atomic mass is 9.90. The predicted octanol–water partition coefficient (Wildman–Crippen LogP) is 2.54. The SMILES string of the molecule is C=C(C)C(=O)O.CC(C)C(C)(CCO)OP(=O)=O. The van der Waals surface area contributed by atoms with Gasteiger partial charge in [0.05, 0.1) is 5.60 Å². The van der Waals surface area contributed by atoms with Gasteiger partial charge < -0.3 is 10.2 Å².